The predicted molar refractivity (Wildman–Crippen MR) is 135 cm³/mol. The van der Waals surface area contributed by atoms with Crippen LogP contribution in [0.25, 0.3) is 39.5 Å². The fourth-order valence-electron chi connectivity index (χ4n) is 4.66. The minimum absolute atomic E-state index is 0.978. The third-order valence-electron chi connectivity index (χ3n) is 6.21. The molecule has 0 unspecified atom stereocenters. The lowest BCUT2D eigenvalue weighted by atomic mass is 9.97. The molecule has 2 aromatic carbocycles. The van der Waals surface area contributed by atoms with E-state index in [9.17, 15) is 0 Å². The summed E-state index contributed by atoms with van der Waals surface area (Å²) in [7, 11) is 2.11. The molecule has 0 spiro atoms. The van der Waals surface area contributed by atoms with Crippen molar-refractivity contribution in [1.29, 1.82) is 0 Å². The average molecular weight is 431 g/mol. The number of aryl methyl sites for hydroxylation is 4. The van der Waals surface area contributed by atoms with Gasteiger partial charge in [0.2, 0.25) is 5.69 Å². The van der Waals surface area contributed by atoms with Gasteiger partial charge < -0.3 is 4.57 Å². The zero-order chi connectivity index (χ0) is 22.9. The van der Waals surface area contributed by atoms with Crippen molar-refractivity contribution in [2.45, 2.75) is 20.8 Å². The summed E-state index contributed by atoms with van der Waals surface area (Å²) in [5.41, 5.74) is 11.9. The van der Waals surface area contributed by atoms with E-state index in [-0.39, 0.29) is 0 Å². The quantitative estimate of drug-likeness (QED) is 0.294. The Morgan fingerprint density at radius 2 is 1.55 bits per heavy atom. The van der Waals surface area contributed by atoms with Gasteiger partial charge in [0, 0.05) is 35.7 Å². The predicted octanol–water partition coefficient (Wildman–Crippen LogP) is 6.62. The summed E-state index contributed by atoms with van der Waals surface area (Å²) in [6, 6.07) is 27.8. The molecule has 3 nitrogen and oxygen atoms in total. The molecule has 0 amide bonds. The fraction of sp³-hybridized carbons (Fsp3) is 0.133. The smallest absolute Gasteiger partial charge is 0.230 e. The summed E-state index contributed by atoms with van der Waals surface area (Å²) in [4.78, 5) is 4.57. The van der Waals surface area contributed by atoms with Crippen LogP contribution in [-0.4, -0.2) is 9.55 Å². The minimum Gasteiger partial charge on any atom is -0.310 e. The van der Waals surface area contributed by atoms with Crippen molar-refractivity contribution in [3.63, 3.8) is 0 Å². The molecule has 0 N–H and O–H groups in total. The largest absolute Gasteiger partial charge is 0.310 e. The SMILES string of the molecule is Cc1cc(C)c(-n2ccc(C)c2-c2cc(-c3ccccn3)cc[n+]2C)c(-c2ccccc2)c1. The van der Waals surface area contributed by atoms with Gasteiger partial charge in [0.1, 0.15) is 12.7 Å². The second-order valence-electron chi connectivity index (χ2n) is 8.69. The Morgan fingerprint density at radius 1 is 0.758 bits per heavy atom. The van der Waals surface area contributed by atoms with E-state index >= 15 is 0 Å². The fourth-order valence-corrected chi connectivity index (χ4v) is 4.66. The molecular weight excluding hydrogens is 402 g/mol. The van der Waals surface area contributed by atoms with Gasteiger partial charge in [0.05, 0.1) is 11.4 Å². The standard InChI is InChI=1S/C30H28N3/c1-21-18-23(3)29(26(19-21)24-10-6-5-7-11-24)33-17-13-22(2)30(33)28-20-25(14-16-32(28)4)27-12-8-9-15-31-27/h5-20H,1-4H3/q+1. The first kappa shape index (κ1) is 20.9. The summed E-state index contributed by atoms with van der Waals surface area (Å²) < 4.78 is 4.54. The topological polar surface area (TPSA) is 21.7 Å². The van der Waals surface area contributed by atoms with E-state index in [1.54, 1.807) is 0 Å². The van der Waals surface area contributed by atoms with Crippen molar-refractivity contribution in [3.05, 3.63) is 114 Å². The maximum Gasteiger partial charge on any atom is 0.230 e. The van der Waals surface area contributed by atoms with E-state index in [1.807, 2.05) is 18.3 Å². The lowest BCUT2D eigenvalue weighted by Crippen LogP contribution is -2.31. The second kappa shape index (κ2) is 8.51. The third kappa shape index (κ3) is 3.87. The van der Waals surface area contributed by atoms with Crippen LogP contribution >= 0.6 is 0 Å². The number of hydrogen-bond donors (Lipinski definition) is 0. The number of benzene rings is 2. The van der Waals surface area contributed by atoms with E-state index in [0.717, 1.165) is 17.0 Å². The number of rotatable bonds is 4. The maximum absolute atomic E-state index is 4.57. The van der Waals surface area contributed by atoms with Gasteiger partial charge in [-0.05, 0) is 61.7 Å². The Hall–Kier alpha value is -3.98. The summed E-state index contributed by atoms with van der Waals surface area (Å²) in [5.74, 6) is 0. The molecule has 3 heteroatoms. The van der Waals surface area contributed by atoms with Crippen molar-refractivity contribution < 1.29 is 4.57 Å². The average Bonchev–Trinajstić information content (AvgIpc) is 3.20. The molecule has 3 heterocycles. The van der Waals surface area contributed by atoms with E-state index in [0.29, 0.717) is 0 Å². The molecule has 0 radical (unpaired) electrons. The van der Waals surface area contributed by atoms with Crippen LogP contribution in [0.3, 0.4) is 0 Å². The molecule has 0 bridgehead atoms. The summed E-state index contributed by atoms with van der Waals surface area (Å²) >= 11 is 0. The van der Waals surface area contributed by atoms with Crippen molar-refractivity contribution in [3.8, 4) is 39.5 Å². The highest BCUT2D eigenvalue weighted by Crippen LogP contribution is 2.35. The summed E-state index contributed by atoms with van der Waals surface area (Å²) in [5, 5.41) is 0. The van der Waals surface area contributed by atoms with Crippen LogP contribution in [0.1, 0.15) is 16.7 Å². The van der Waals surface area contributed by atoms with E-state index in [2.05, 4.69) is 121 Å². The van der Waals surface area contributed by atoms with Crippen LogP contribution in [0.5, 0.6) is 0 Å². The lowest BCUT2D eigenvalue weighted by Gasteiger charge is -2.18. The zero-order valence-electron chi connectivity index (χ0n) is 19.6. The molecule has 0 saturated heterocycles. The minimum atomic E-state index is 0.978. The molecule has 0 aliphatic rings. The molecular formula is C30H28N3+. The third-order valence-corrected chi connectivity index (χ3v) is 6.21. The van der Waals surface area contributed by atoms with E-state index < -0.39 is 0 Å². The van der Waals surface area contributed by atoms with Crippen molar-refractivity contribution >= 4 is 0 Å². The van der Waals surface area contributed by atoms with E-state index in [1.165, 1.54) is 39.2 Å². The monoisotopic (exact) mass is 430 g/mol. The van der Waals surface area contributed by atoms with Gasteiger partial charge in [0.15, 0.2) is 6.20 Å². The summed E-state index contributed by atoms with van der Waals surface area (Å²) in [6.45, 7) is 6.56. The number of pyridine rings is 2. The Bertz CT molecular complexity index is 1430. The molecule has 162 valence electrons. The van der Waals surface area contributed by atoms with Crippen molar-refractivity contribution in [2.24, 2.45) is 7.05 Å². The van der Waals surface area contributed by atoms with Gasteiger partial charge in [0.25, 0.3) is 0 Å². The van der Waals surface area contributed by atoms with Gasteiger partial charge in [-0.2, -0.15) is 4.57 Å². The van der Waals surface area contributed by atoms with Crippen molar-refractivity contribution in [1.82, 2.24) is 9.55 Å². The highest BCUT2D eigenvalue weighted by Gasteiger charge is 2.22. The molecule has 5 rings (SSSR count). The van der Waals surface area contributed by atoms with Crippen molar-refractivity contribution in [2.75, 3.05) is 0 Å². The highest BCUT2D eigenvalue weighted by molar-refractivity contribution is 5.78. The Balaban J connectivity index is 1.76. The van der Waals surface area contributed by atoms with Gasteiger partial charge in [-0.3, -0.25) is 4.98 Å². The second-order valence-corrected chi connectivity index (χ2v) is 8.69. The lowest BCUT2D eigenvalue weighted by molar-refractivity contribution is -0.660. The highest BCUT2D eigenvalue weighted by atomic mass is 15.0. The Kier molecular flexibility index (Phi) is 5.39. The first-order valence-corrected chi connectivity index (χ1v) is 11.3. The normalized spacial score (nSPS) is 11.0. The van der Waals surface area contributed by atoms with Gasteiger partial charge in [-0.1, -0.05) is 48.0 Å². The molecule has 0 aliphatic carbocycles. The van der Waals surface area contributed by atoms with Crippen LogP contribution in [-0.2, 0) is 7.05 Å². The zero-order valence-corrected chi connectivity index (χ0v) is 19.6. The Morgan fingerprint density at radius 3 is 2.30 bits per heavy atom. The Labute approximate surface area is 195 Å². The summed E-state index contributed by atoms with van der Waals surface area (Å²) in [6.07, 6.45) is 6.16. The first-order chi connectivity index (χ1) is 16.0. The molecule has 0 saturated carbocycles. The van der Waals surface area contributed by atoms with Gasteiger partial charge in [-0.25, -0.2) is 0 Å². The van der Waals surface area contributed by atoms with Crippen LogP contribution in [0.4, 0.5) is 0 Å². The van der Waals surface area contributed by atoms with Crippen LogP contribution in [0.15, 0.2) is 97.5 Å². The molecule has 0 fully saturated rings. The van der Waals surface area contributed by atoms with Crippen LogP contribution in [0, 0.1) is 20.8 Å². The van der Waals surface area contributed by atoms with Gasteiger partial charge >= 0.3 is 0 Å². The van der Waals surface area contributed by atoms with Gasteiger partial charge in [-0.15, -0.1) is 0 Å². The maximum atomic E-state index is 4.57. The number of nitrogens with zero attached hydrogens (tertiary/aromatic N) is 3. The molecule has 0 aliphatic heterocycles. The first-order valence-electron chi connectivity index (χ1n) is 11.3. The molecule has 5 aromatic rings. The molecule has 33 heavy (non-hydrogen) atoms. The van der Waals surface area contributed by atoms with E-state index in [4.69, 9.17) is 0 Å². The van der Waals surface area contributed by atoms with Crippen LogP contribution in [0.2, 0.25) is 0 Å². The number of hydrogen-bond acceptors (Lipinski definition) is 1. The number of aromatic nitrogens is 3. The molecule has 0 atom stereocenters. The van der Waals surface area contributed by atoms with Crippen LogP contribution < -0.4 is 4.57 Å². The molecule has 3 aromatic heterocycles.